The van der Waals surface area contributed by atoms with Crippen molar-refractivity contribution in [1.29, 1.82) is 0 Å². The molecule has 1 aromatic heterocycles. The molecule has 0 saturated carbocycles. The third kappa shape index (κ3) is 2.88. The molecule has 0 aliphatic carbocycles. The van der Waals surface area contributed by atoms with Crippen LogP contribution < -0.4 is 4.74 Å². The standard InChI is InChI=1S/C13H12ClNO4/c1-7-6-18-15-12(7)10-5-9(14)3-4-11(10)19-8(2)13(16)17/h3-6,8H,1-2H3,(H,16,17)/t8-/m0/s1. The molecule has 19 heavy (non-hydrogen) atoms. The first kappa shape index (κ1) is 13.4. The van der Waals surface area contributed by atoms with E-state index in [4.69, 9.17) is 26.0 Å². The lowest BCUT2D eigenvalue weighted by molar-refractivity contribution is -0.144. The van der Waals surface area contributed by atoms with Crippen molar-refractivity contribution < 1.29 is 19.2 Å². The Morgan fingerprint density at radius 3 is 2.84 bits per heavy atom. The van der Waals surface area contributed by atoms with Gasteiger partial charge < -0.3 is 14.4 Å². The fraction of sp³-hybridized carbons (Fsp3) is 0.231. The summed E-state index contributed by atoms with van der Waals surface area (Å²) in [4.78, 5) is 10.9. The van der Waals surface area contributed by atoms with E-state index in [1.807, 2.05) is 6.92 Å². The van der Waals surface area contributed by atoms with Crippen molar-refractivity contribution in [3.8, 4) is 17.0 Å². The summed E-state index contributed by atoms with van der Waals surface area (Å²) in [6, 6.07) is 4.91. The summed E-state index contributed by atoms with van der Waals surface area (Å²) in [6.45, 7) is 3.29. The average molecular weight is 282 g/mol. The van der Waals surface area contributed by atoms with Crippen LogP contribution in [0.3, 0.4) is 0 Å². The van der Waals surface area contributed by atoms with Crippen molar-refractivity contribution in [2.24, 2.45) is 0 Å². The molecule has 0 spiro atoms. The fourth-order valence-electron chi connectivity index (χ4n) is 1.58. The Kier molecular flexibility index (Phi) is 3.76. The van der Waals surface area contributed by atoms with Gasteiger partial charge in [0.25, 0.3) is 0 Å². The molecule has 0 amide bonds. The van der Waals surface area contributed by atoms with Gasteiger partial charge in [0.2, 0.25) is 0 Å². The smallest absolute Gasteiger partial charge is 0.344 e. The molecule has 0 unspecified atom stereocenters. The molecule has 0 radical (unpaired) electrons. The number of rotatable bonds is 4. The van der Waals surface area contributed by atoms with Crippen LogP contribution in [0.4, 0.5) is 0 Å². The van der Waals surface area contributed by atoms with Crippen molar-refractivity contribution in [2.45, 2.75) is 20.0 Å². The molecule has 5 nitrogen and oxygen atoms in total. The molecule has 0 fully saturated rings. The Balaban J connectivity index is 2.44. The summed E-state index contributed by atoms with van der Waals surface area (Å²) in [5.74, 6) is -0.644. The molecule has 1 atom stereocenters. The van der Waals surface area contributed by atoms with E-state index in [9.17, 15) is 4.79 Å². The summed E-state index contributed by atoms with van der Waals surface area (Å²) in [7, 11) is 0. The van der Waals surface area contributed by atoms with Crippen LogP contribution in [0.15, 0.2) is 29.0 Å². The largest absolute Gasteiger partial charge is 0.479 e. The lowest BCUT2D eigenvalue weighted by atomic mass is 10.1. The van der Waals surface area contributed by atoms with Gasteiger partial charge in [-0.25, -0.2) is 4.79 Å². The second-order valence-corrected chi connectivity index (χ2v) is 4.52. The molecule has 0 bridgehead atoms. The lowest BCUT2D eigenvalue weighted by Crippen LogP contribution is -2.23. The topological polar surface area (TPSA) is 72.6 Å². The number of hydrogen-bond donors (Lipinski definition) is 1. The van der Waals surface area contributed by atoms with E-state index in [1.165, 1.54) is 13.2 Å². The first-order chi connectivity index (χ1) is 8.99. The molecule has 0 aliphatic heterocycles. The Labute approximate surface area is 114 Å². The SMILES string of the molecule is Cc1conc1-c1cc(Cl)ccc1O[C@@H](C)C(=O)O. The number of benzene rings is 1. The van der Waals surface area contributed by atoms with Gasteiger partial charge in [-0.15, -0.1) is 0 Å². The highest BCUT2D eigenvalue weighted by atomic mass is 35.5. The third-order valence-corrected chi connectivity index (χ3v) is 2.83. The first-order valence-electron chi connectivity index (χ1n) is 5.59. The van der Waals surface area contributed by atoms with Crippen LogP contribution in [-0.4, -0.2) is 22.3 Å². The number of carboxylic acid groups (broad SMARTS) is 1. The minimum absolute atomic E-state index is 0.399. The van der Waals surface area contributed by atoms with Crippen molar-refractivity contribution in [3.05, 3.63) is 35.0 Å². The quantitative estimate of drug-likeness (QED) is 0.932. The molecule has 1 heterocycles. The Bertz CT molecular complexity index is 608. The second-order valence-electron chi connectivity index (χ2n) is 4.08. The molecule has 1 aromatic carbocycles. The van der Waals surface area contributed by atoms with Crippen LogP contribution >= 0.6 is 11.6 Å². The molecule has 0 aliphatic rings. The van der Waals surface area contributed by atoms with Crippen molar-refractivity contribution in [2.75, 3.05) is 0 Å². The number of aliphatic carboxylic acids is 1. The molecule has 2 rings (SSSR count). The van der Waals surface area contributed by atoms with Gasteiger partial charge >= 0.3 is 5.97 Å². The number of aryl methyl sites for hydroxylation is 1. The summed E-state index contributed by atoms with van der Waals surface area (Å²) in [5, 5.41) is 13.3. The minimum Gasteiger partial charge on any atom is -0.479 e. The molecule has 6 heteroatoms. The van der Waals surface area contributed by atoms with Gasteiger partial charge in [0, 0.05) is 16.1 Å². The predicted molar refractivity (Wildman–Crippen MR) is 69.4 cm³/mol. The van der Waals surface area contributed by atoms with Gasteiger partial charge in [-0.05, 0) is 32.0 Å². The van der Waals surface area contributed by atoms with Gasteiger partial charge in [-0.1, -0.05) is 16.8 Å². The molecular formula is C13H12ClNO4. The van der Waals surface area contributed by atoms with Crippen molar-refractivity contribution in [1.82, 2.24) is 5.16 Å². The van der Waals surface area contributed by atoms with Gasteiger partial charge in [-0.3, -0.25) is 0 Å². The zero-order valence-corrected chi connectivity index (χ0v) is 11.1. The normalized spacial score (nSPS) is 12.2. The number of ether oxygens (including phenoxy) is 1. The predicted octanol–water partition coefficient (Wildman–Crippen LogP) is 3.16. The second kappa shape index (κ2) is 5.32. The van der Waals surface area contributed by atoms with Crippen molar-refractivity contribution >= 4 is 17.6 Å². The van der Waals surface area contributed by atoms with Crippen LogP contribution in [0.1, 0.15) is 12.5 Å². The zero-order valence-electron chi connectivity index (χ0n) is 10.4. The number of hydrogen-bond acceptors (Lipinski definition) is 4. The number of aromatic nitrogens is 1. The number of nitrogens with zero attached hydrogens (tertiary/aromatic N) is 1. The zero-order chi connectivity index (χ0) is 14.0. The van der Waals surface area contributed by atoms with E-state index >= 15 is 0 Å². The monoisotopic (exact) mass is 281 g/mol. The van der Waals surface area contributed by atoms with Crippen LogP contribution in [0, 0.1) is 6.92 Å². The molecule has 1 N–H and O–H groups in total. The van der Waals surface area contributed by atoms with Crippen LogP contribution in [0.25, 0.3) is 11.3 Å². The summed E-state index contributed by atoms with van der Waals surface area (Å²) >= 11 is 5.95. The van der Waals surface area contributed by atoms with E-state index in [2.05, 4.69) is 5.16 Å². The van der Waals surface area contributed by atoms with E-state index < -0.39 is 12.1 Å². The maximum atomic E-state index is 10.9. The highest BCUT2D eigenvalue weighted by Crippen LogP contribution is 2.34. The Morgan fingerprint density at radius 1 is 1.53 bits per heavy atom. The summed E-state index contributed by atoms with van der Waals surface area (Å²) in [6.07, 6.45) is 0.535. The van der Waals surface area contributed by atoms with E-state index in [0.29, 0.717) is 22.0 Å². The maximum absolute atomic E-state index is 10.9. The van der Waals surface area contributed by atoms with Gasteiger partial charge in [0.15, 0.2) is 6.10 Å². The molecule has 100 valence electrons. The highest BCUT2D eigenvalue weighted by molar-refractivity contribution is 6.31. The molecule has 2 aromatic rings. The van der Waals surface area contributed by atoms with Gasteiger partial charge in [-0.2, -0.15) is 0 Å². The van der Waals surface area contributed by atoms with Gasteiger partial charge in [0.1, 0.15) is 17.7 Å². The van der Waals surface area contributed by atoms with E-state index in [1.54, 1.807) is 18.2 Å². The lowest BCUT2D eigenvalue weighted by Gasteiger charge is -2.13. The van der Waals surface area contributed by atoms with Crippen LogP contribution in [-0.2, 0) is 4.79 Å². The van der Waals surface area contributed by atoms with E-state index in [-0.39, 0.29) is 0 Å². The maximum Gasteiger partial charge on any atom is 0.344 e. The Hall–Kier alpha value is -2.01. The number of halogens is 1. The number of carbonyl (C=O) groups is 1. The average Bonchev–Trinajstić information content (AvgIpc) is 2.77. The summed E-state index contributed by atoms with van der Waals surface area (Å²) < 4.78 is 10.3. The van der Waals surface area contributed by atoms with Crippen molar-refractivity contribution in [3.63, 3.8) is 0 Å². The summed E-state index contributed by atoms with van der Waals surface area (Å²) in [5.41, 5.74) is 2.00. The van der Waals surface area contributed by atoms with Crippen LogP contribution in [0.2, 0.25) is 5.02 Å². The van der Waals surface area contributed by atoms with Gasteiger partial charge in [0.05, 0.1) is 0 Å². The Morgan fingerprint density at radius 2 is 2.26 bits per heavy atom. The van der Waals surface area contributed by atoms with Crippen LogP contribution in [0.5, 0.6) is 5.75 Å². The minimum atomic E-state index is -1.04. The van der Waals surface area contributed by atoms with E-state index in [0.717, 1.165) is 5.56 Å². The molecule has 0 saturated heterocycles. The first-order valence-corrected chi connectivity index (χ1v) is 5.97. The number of carboxylic acids is 1. The fourth-order valence-corrected chi connectivity index (χ4v) is 1.75. The molecular weight excluding hydrogens is 270 g/mol. The third-order valence-electron chi connectivity index (χ3n) is 2.60. The highest BCUT2D eigenvalue weighted by Gasteiger charge is 2.18.